The summed E-state index contributed by atoms with van der Waals surface area (Å²) in [6.07, 6.45) is 6.40. The number of benzene rings is 7. The van der Waals surface area contributed by atoms with Gasteiger partial charge in [-0.3, -0.25) is 0 Å². The van der Waals surface area contributed by atoms with E-state index in [0.29, 0.717) is 0 Å². The van der Waals surface area contributed by atoms with E-state index in [1.807, 2.05) is 12.1 Å². The highest BCUT2D eigenvalue weighted by molar-refractivity contribution is 6.06. The van der Waals surface area contributed by atoms with Crippen molar-refractivity contribution >= 4 is 56.0 Å². The van der Waals surface area contributed by atoms with E-state index in [1.54, 1.807) is 0 Å². The fourth-order valence-corrected chi connectivity index (χ4v) is 7.72. The van der Waals surface area contributed by atoms with Crippen LogP contribution in [0.2, 0.25) is 0 Å². The van der Waals surface area contributed by atoms with Gasteiger partial charge in [-0.1, -0.05) is 121 Å². The zero-order valence-electron chi connectivity index (χ0n) is 27.9. The molecule has 0 unspecified atom stereocenters. The minimum Gasteiger partial charge on any atom is -0.460 e. The Bertz CT molecular complexity index is 2750. The van der Waals surface area contributed by atoms with Crippen molar-refractivity contribution in [2.24, 2.45) is 0 Å². The molecule has 51 heavy (non-hydrogen) atoms. The lowest BCUT2D eigenvalue weighted by Gasteiger charge is -2.27. The van der Waals surface area contributed by atoms with Crippen molar-refractivity contribution in [1.29, 1.82) is 0 Å². The second kappa shape index (κ2) is 12.1. The van der Waals surface area contributed by atoms with Crippen LogP contribution in [0.5, 0.6) is 0 Å². The monoisotopic (exact) mass is 655 g/mol. The van der Waals surface area contributed by atoms with Crippen LogP contribution in [0, 0.1) is 0 Å². The molecule has 0 bridgehead atoms. The first-order valence-electron chi connectivity index (χ1n) is 17.6. The number of para-hydroxylation sites is 1. The molecule has 0 spiro atoms. The first kappa shape index (κ1) is 29.3. The minimum atomic E-state index is 0.905. The second-order valence-corrected chi connectivity index (χ2v) is 13.2. The molecule has 10 rings (SSSR count). The molecule has 3 heteroatoms. The average Bonchev–Trinajstić information content (AvgIpc) is 3.77. The third kappa shape index (κ3) is 5.05. The molecule has 0 amide bonds. The van der Waals surface area contributed by atoms with Gasteiger partial charge >= 0.3 is 0 Å². The Morgan fingerprint density at radius 1 is 0.451 bits per heavy atom. The highest BCUT2D eigenvalue weighted by atomic mass is 16.3. The first-order valence-corrected chi connectivity index (χ1v) is 17.6. The molecule has 7 aromatic carbocycles. The molecule has 0 aliphatic heterocycles. The Balaban J connectivity index is 1.13. The molecule has 0 saturated carbocycles. The molecule has 0 radical (unpaired) electrons. The van der Waals surface area contributed by atoms with Gasteiger partial charge in [0.2, 0.25) is 0 Å². The van der Waals surface area contributed by atoms with Crippen LogP contribution in [0.15, 0.2) is 179 Å². The van der Waals surface area contributed by atoms with Crippen LogP contribution in [-0.4, -0.2) is 0 Å². The zero-order valence-corrected chi connectivity index (χ0v) is 27.9. The Hall–Kier alpha value is -6.58. The number of allylic oxidation sites excluding steroid dienone is 1. The van der Waals surface area contributed by atoms with Crippen LogP contribution in [-0.2, 0) is 6.42 Å². The maximum absolute atomic E-state index is 6.46. The van der Waals surface area contributed by atoms with Crippen molar-refractivity contribution < 1.29 is 8.83 Å². The van der Waals surface area contributed by atoms with E-state index in [2.05, 4.69) is 169 Å². The van der Waals surface area contributed by atoms with Crippen LogP contribution in [0.3, 0.4) is 0 Å². The third-order valence-electron chi connectivity index (χ3n) is 10.1. The van der Waals surface area contributed by atoms with Crippen LogP contribution in [0.25, 0.3) is 72.4 Å². The van der Waals surface area contributed by atoms with Gasteiger partial charge in [0.1, 0.15) is 22.5 Å². The number of hydrogen-bond donors (Lipinski definition) is 0. The first-order chi connectivity index (χ1) is 25.3. The Morgan fingerprint density at radius 3 is 2.04 bits per heavy atom. The summed E-state index contributed by atoms with van der Waals surface area (Å²) in [5.41, 5.74) is 14.2. The van der Waals surface area contributed by atoms with Crippen molar-refractivity contribution in [1.82, 2.24) is 0 Å². The van der Waals surface area contributed by atoms with Crippen LogP contribution < -0.4 is 4.90 Å². The van der Waals surface area contributed by atoms with E-state index in [4.69, 9.17) is 8.83 Å². The highest BCUT2D eigenvalue weighted by Crippen LogP contribution is 2.45. The van der Waals surface area contributed by atoms with Gasteiger partial charge in [0, 0.05) is 34.1 Å². The zero-order chi connectivity index (χ0) is 33.7. The number of anilines is 3. The maximum atomic E-state index is 6.46. The summed E-state index contributed by atoms with van der Waals surface area (Å²) in [6, 6.07) is 58.3. The maximum Gasteiger partial charge on any atom is 0.137 e. The number of fused-ring (bicyclic) bond motifs is 6. The fourth-order valence-electron chi connectivity index (χ4n) is 7.72. The summed E-state index contributed by atoms with van der Waals surface area (Å²) in [7, 11) is 0. The molecular formula is C48H33NO2. The quantitative estimate of drug-likeness (QED) is 0.179. The van der Waals surface area contributed by atoms with Gasteiger partial charge in [-0.2, -0.15) is 0 Å². The minimum absolute atomic E-state index is 0.905. The molecule has 3 nitrogen and oxygen atoms in total. The van der Waals surface area contributed by atoms with E-state index in [-0.39, 0.29) is 0 Å². The molecule has 0 N–H and O–H groups in total. The lowest BCUT2D eigenvalue weighted by molar-refractivity contribution is 0.546. The van der Waals surface area contributed by atoms with Crippen LogP contribution in [0.1, 0.15) is 17.7 Å². The molecule has 1 aliphatic rings. The normalized spacial score (nSPS) is 12.5. The van der Waals surface area contributed by atoms with Gasteiger partial charge < -0.3 is 13.7 Å². The second-order valence-electron chi connectivity index (χ2n) is 13.2. The Labute approximate surface area is 296 Å². The number of furan rings is 2. The molecule has 0 fully saturated rings. The standard InChI is InChI=1S/C48H33NO2/c1-2-12-33(13-3-1)38-16-4-5-17-39(38)35-14-10-15-37(30-35)49(43-20-11-23-47-48(43)41-19-7-9-22-45(41)51-47)36-27-24-32(25-28-36)34-26-29-46-42(31-34)40-18-6-8-21-44(40)50-46/h1-8,10-21,23-31H,9,22H2. The molecule has 9 aromatic rings. The van der Waals surface area contributed by atoms with Gasteiger partial charge in [-0.25, -0.2) is 0 Å². The lowest BCUT2D eigenvalue weighted by atomic mass is 9.94. The molecule has 2 aromatic heterocycles. The summed E-state index contributed by atoms with van der Waals surface area (Å²) >= 11 is 0. The van der Waals surface area contributed by atoms with Crippen LogP contribution >= 0.6 is 0 Å². The van der Waals surface area contributed by atoms with Crippen molar-refractivity contribution in [2.75, 3.05) is 4.90 Å². The van der Waals surface area contributed by atoms with Crippen molar-refractivity contribution in [2.45, 2.75) is 12.8 Å². The number of rotatable bonds is 6. The summed E-state index contributed by atoms with van der Waals surface area (Å²) in [4.78, 5) is 2.38. The predicted octanol–water partition coefficient (Wildman–Crippen LogP) is 13.8. The van der Waals surface area contributed by atoms with Gasteiger partial charge in [0.25, 0.3) is 0 Å². The Kier molecular flexibility index (Phi) is 6.95. The Morgan fingerprint density at radius 2 is 1.16 bits per heavy atom. The molecule has 0 saturated heterocycles. The topological polar surface area (TPSA) is 29.5 Å². The number of aryl methyl sites for hydroxylation is 1. The third-order valence-corrected chi connectivity index (χ3v) is 10.1. The summed E-state index contributed by atoms with van der Waals surface area (Å²) in [6.45, 7) is 0. The number of nitrogens with zero attached hydrogens (tertiary/aromatic N) is 1. The van der Waals surface area contributed by atoms with Crippen molar-refractivity contribution in [3.8, 4) is 33.4 Å². The number of hydrogen-bond acceptors (Lipinski definition) is 3. The van der Waals surface area contributed by atoms with E-state index in [0.717, 1.165) is 85.3 Å². The summed E-state index contributed by atoms with van der Waals surface area (Å²) < 4.78 is 12.6. The van der Waals surface area contributed by atoms with Gasteiger partial charge in [-0.05, 0) is 94.4 Å². The predicted molar refractivity (Wildman–Crippen MR) is 212 cm³/mol. The molecule has 0 atom stereocenters. The van der Waals surface area contributed by atoms with Gasteiger partial charge in [0.15, 0.2) is 0 Å². The fraction of sp³-hybridized carbons (Fsp3) is 0.0417. The summed E-state index contributed by atoms with van der Waals surface area (Å²) in [5.74, 6) is 1.06. The smallest absolute Gasteiger partial charge is 0.137 e. The lowest BCUT2D eigenvalue weighted by Crippen LogP contribution is -2.10. The van der Waals surface area contributed by atoms with E-state index in [1.165, 1.54) is 22.3 Å². The van der Waals surface area contributed by atoms with Gasteiger partial charge in [-0.15, -0.1) is 0 Å². The average molecular weight is 656 g/mol. The molecule has 1 aliphatic carbocycles. The molecular weight excluding hydrogens is 623 g/mol. The SMILES string of the molecule is C1=Cc2c(oc3cccc(N(c4ccc(-c5ccc6oc7ccccc7c6c5)cc4)c4cccc(-c5ccccc5-c5ccccc5)c4)c23)CC1. The molecule has 2 heterocycles. The van der Waals surface area contributed by atoms with Crippen molar-refractivity contribution in [3.63, 3.8) is 0 Å². The highest BCUT2D eigenvalue weighted by Gasteiger charge is 2.23. The van der Waals surface area contributed by atoms with Crippen LogP contribution in [0.4, 0.5) is 17.1 Å². The van der Waals surface area contributed by atoms with E-state index < -0.39 is 0 Å². The van der Waals surface area contributed by atoms with E-state index in [9.17, 15) is 0 Å². The van der Waals surface area contributed by atoms with E-state index >= 15 is 0 Å². The summed E-state index contributed by atoms with van der Waals surface area (Å²) in [5, 5.41) is 3.40. The van der Waals surface area contributed by atoms with Gasteiger partial charge in [0.05, 0.1) is 11.1 Å². The molecule has 242 valence electrons. The largest absolute Gasteiger partial charge is 0.460 e. The van der Waals surface area contributed by atoms with Crippen molar-refractivity contribution in [3.05, 3.63) is 181 Å².